The number of nitrogens with one attached hydrogen (secondary N) is 1. The van der Waals surface area contributed by atoms with Crippen LogP contribution in [0.5, 0.6) is 0 Å². The molecule has 4 nitrogen and oxygen atoms in total. The average molecular weight is 444 g/mol. The number of hydrogen-bond donors (Lipinski definition) is 1. The summed E-state index contributed by atoms with van der Waals surface area (Å²) in [6, 6.07) is 8.67. The van der Waals surface area contributed by atoms with Gasteiger partial charge in [-0.15, -0.1) is 24.0 Å². The van der Waals surface area contributed by atoms with Crippen LogP contribution in [0.2, 0.25) is 0 Å². The van der Waals surface area contributed by atoms with E-state index in [4.69, 9.17) is 4.99 Å². The molecule has 0 aromatic heterocycles. The molecule has 1 N–H and O–H groups in total. The van der Waals surface area contributed by atoms with Crippen LogP contribution >= 0.6 is 24.0 Å². The predicted molar refractivity (Wildman–Crippen MR) is 116 cm³/mol. The number of fused-ring (bicyclic) bond motifs is 1. The fraction of sp³-hybridized carbons (Fsp3) is 0.632. The zero-order chi connectivity index (χ0) is 16.5. The van der Waals surface area contributed by atoms with Gasteiger partial charge >= 0.3 is 0 Å². The van der Waals surface area contributed by atoms with Gasteiger partial charge < -0.3 is 15.1 Å². The lowest BCUT2D eigenvalue weighted by molar-refractivity contribution is 0.297. The minimum Gasteiger partial charge on any atom is -0.356 e. The molecule has 0 fully saturated rings. The van der Waals surface area contributed by atoms with Crippen molar-refractivity contribution in [3.63, 3.8) is 0 Å². The maximum Gasteiger partial charge on any atom is 0.198 e. The lowest BCUT2D eigenvalue weighted by Gasteiger charge is -2.22. The average Bonchev–Trinajstić information content (AvgIpc) is 3.01. The van der Waals surface area contributed by atoms with Crippen molar-refractivity contribution in [2.75, 3.05) is 44.2 Å². The third-order valence-electron chi connectivity index (χ3n) is 4.52. The minimum absolute atomic E-state index is 0. The molecule has 0 radical (unpaired) electrons. The van der Waals surface area contributed by atoms with Crippen molar-refractivity contribution in [3.8, 4) is 0 Å². The highest BCUT2D eigenvalue weighted by atomic mass is 127. The lowest BCUT2D eigenvalue weighted by atomic mass is 10.2. The van der Waals surface area contributed by atoms with Gasteiger partial charge in [-0.05, 0) is 57.5 Å². The maximum atomic E-state index is 4.86. The molecular formula is C19H33IN4. The van der Waals surface area contributed by atoms with E-state index in [1.165, 1.54) is 24.2 Å². The molecule has 5 heteroatoms. The molecule has 1 aromatic carbocycles. The Morgan fingerprint density at radius 3 is 2.62 bits per heavy atom. The number of para-hydroxylation sites is 1. The van der Waals surface area contributed by atoms with Gasteiger partial charge in [0.25, 0.3) is 0 Å². The fourth-order valence-electron chi connectivity index (χ4n) is 3.13. The van der Waals surface area contributed by atoms with Gasteiger partial charge in [-0.1, -0.05) is 32.0 Å². The molecule has 2 rings (SSSR count). The van der Waals surface area contributed by atoms with Crippen molar-refractivity contribution in [2.45, 2.75) is 40.0 Å². The number of halogens is 1. The largest absolute Gasteiger partial charge is 0.356 e. The molecule has 24 heavy (non-hydrogen) atoms. The van der Waals surface area contributed by atoms with E-state index in [1.807, 2.05) is 0 Å². The summed E-state index contributed by atoms with van der Waals surface area (Å²) in [7, 11) is 0. The number of hydrogen-bond acceptors (Lipinski definition) is 2. The number of rotatable bonds is 8. The molecule has 1 heterocycles. The van der Waals surface area contributed by atoms with Crippen LogP contribution in [0.4, 0.5) is 5.69 Å². The van der Waals surface area contributed by atoms with Crippen molar-refractivity contribution in [3.05, 3.63) is 29.8 Å². The van der Waals surface area contributed by atoms with Crippen LogP contribution in [-0.2, 0) is 6.42 Å². The number of anilines is 1. The Morgan fingerprint density at radius 1 is 1.17 bits per heavy atom. The highest BCUT2D eigenvalue weighted by Gasteiger charge is 2.22. The number of nitrogens with zero attached hydrogens (tertiary/aromatic N) is 3. The first-order valence-electron chi connectivity index (χ1n) is 9.16. The Morgan fingerprint density at radius 2 is 1.92 bits per heavy atom. The third kappa shape index (κ3) is 5.92. The first kappa shape index (κ1) is 21.2. The Hall–Kier alpha value is -0.820. The summed E-state index contributed by atoms with van der Waals surface area (Å²) in [6.45, 7) is 12.9. The van der Waals surface area contributed by atoms with Crippen molar-refractivity contribution in [1.29, 1.82) is 0 Å². The van der Waals surface area contributed by atoms with Gasteiger partial charge in [0.05, 0.1) is 0 Å². The van der Waals surface area contributed by atoms with Gasteiger partial charge in [0.15, 0.2) is 5.96 Å². The van der Waals surface area contributed by atoms with E-state index in [2.05, 4.69) is 60.2 Å². The van der Waals surface area contributed by atoms with Crippen LogP contribution in [0.15, 0.2) is 29.3 Å². The van der Waals surface area contributed by atoms with E-state index in [0.29, 0.717) is 0 Å². The molecule has 0 amide bonds. The van der Waals surface area contributed by atoms with Gasteiger partial charge in [0, 0.05) is 25.3 Å². The Labute approximate surface area is 164 Å². The topological polar surface area (TPSA) is 30.9 Å². The zero-order valence-corrected chi connectivity index (χ0v) is 17.8. The Bertz CT molecular complexity index is 500. The molecule has 1 aliphatic rings. The summed E-state index contributed by atoms with van der Waals surface area (Å²) in [6.07, 6.45) is 3.49. The van der Waals surface area contributed by atoms with Gasteiger partial charge in [0.2, 0.25) is 0 Å². The summed E-state index contributed by atoms with van der Waals surface area (Å²) in [4.78, 5) is 9.67. The number of aliphatic imine (C=N–C) groups is 1. The standard InChI is InChI=1S/C19H32N4.HI/c1-4-20-19(21-14-9-10-15-22(5-2)6-3)23-16-13-17-11-7-8-12-18(17)23;/h7-8,11-12H,4-6,9-10,13-16H2,1-3H3,(H,20,21);1H. The molecule has 0 spiro atoms. The summed E-state index contributed by atoms with van der Waals surface area (Å²) >= 11 is 0. The van der Waals surface area contributed by atoms with E-state index in [1.54, 1.807) is 0 Å². The molecule has 0 atom stereocenters. The van der Waals surface area contributed by atoms with Gasteiger partial charge in [-0.3, -0.25) is 4.99 Å². The number of guanidine groups is 1. The van der Waals surface area contributed by atoms with Crippen LogP contribution in [0, 0.1) is 0 Å². The second-order valence-electron chi connectivity index (χ2n) is 6.00. The van der Waals surface area contributed by atoms with E-state index in [0.717, 1.165) is 51.5 Å². The molecule has 0 saturated heterocycles. The second-order valence-corrected chi connectivity index (χ2v) is 6.00. The molecule has 1 aliphatic heterocycles. The molecule has 0 bridgehead atoms. The molecule has 136 valence electrons. The molecule has 0 saturated carbocycles. The van der Waals surface area contributed by atoms with Crippen LogP contribution in [0.3, 0.4) is 0 Å². The van der Waals surface area contributed by atoms with E-state index >= 15 is 0 Å². The van der Waals surface area contributed by atoms with Gasteiger partial charge in [-0.2, -0.15) is 0 Å². The second kappa shape index (κ2) is 11.7. The van der Waals surface area contributed by atoms with E-state index in [-0.39, 0.29) is 24.0 Å². The highest BCUT2D eigenvalue weighted by Crippen LogP contribution is 2.27. The smallest absolute Gasteiger partial charge is 0.198 e. The van der Waals surface area contributed by atoms with Gasteiger partial charge in [0.1, 0.15) is 0 Å². The van der Waals surface area contributed by atoms with Crippen LogP contribution in [0.1, 0.15) is 39.2 Å². The van der Waals surface area contributed by atoms with E-state index in [9.17, 15) is 0 Å². The highest BCUT2D eigenvalue weighted by molar-refractivity contribution is 14.0. The van der Waals surface area contributed by atoms with Crippen LogP contribution in [-0.4, -0.2) is 50.1 Å². The van der Waals surface area contributed by atoms with E-state index < -0.39 is 0 Å². The third-order valence-corrected chi connectivity index (χ3v) is 4.52. The molecule has 0 unspecified atom stereocenters. The fourth-order valence-corrected chi connectivity index (χ4v) is 3.13. The SMILES string of the molecule is CCNC(=NCCCCN(CC)CC)N1CCc2ccccc21.I. The summed E-state index contributed by atoms with van der Waals surface area (Å²) in [5.74, 6) is 1.04. The monoisotopic (exact) mass is 444 g/mol. The summed E-state index contributed by atoms with van der Waals surface area (Å²) < 4.78 is 0. The Balaban J connectivity index is 0.00000288. The summed E-state index contributed by atoms with van der Waals surface area (Å²) in [5, 5.41) is 3.45. The van der Waals surface area contributed by atoms with Crippen LogP contribution < -0.4 is 10.2 Å². The first-order valence-corrected chi connectivity index (χ1v) is 9.16. The lowest BCUT2D eigenvalue weighted by Crippen LogP contribution is -2.40. The van der Waals surface area contributed by atoms with Gasteiger partial charge in [-0.25, -0.2) is 0 Å². The predicted octanol–water partition coefficient (Wildman–Crippen LogP) is 3.75. The van der Waals surface area contributed by atoms with Crippen LogP contribution in [0.25, 0.3) is 0 Å². The maximum absolute atomic E-state index is 4.86. The molecule has 0 aliphatic carbocycles. The van der Waals surface area contributed by atoms with Crippen molar-refractivity contribution >= 4 is 35.6 Å². The number of benzene rings is 1. The summed E-state index contributed by atoms with van der Waals surface area (Å²) in [5.41, 5.74) is 2.75. The Kier molecular flexibility index (Phi) is 10.3. The molecule has 1 aromatic rings. The quantitative estimate of drug-likeness (QED) is 0.287. The normalized spacial score (nSPS) is 13.8. The van der Waals surface area contributed by atoms with Crippen molar-refractivity contribution in [1.82, 2.24) is 10.2 Å². The minimum atomic E-state index is 0. The first-order chi connectivity index (χ1) is 11.3. The zero-order valence-electron chi connectivity index (χ0n) is 15.4. The molecular weight excluding hydrogens is 411 g/mol. The number of unbranched alkanes of at least 4 members (excludes halogenated alkanes) is 1. The van der Waals surface area contributed by atoms with Crippen molar-refractivity contribution < 1.29 is 0 Å². The van der Waals surface area contributed by atoms with Crippen molar-refractivity contribution in [2.24, 2.45) is 4.99 Å².